The number of ether oxygens (including phenoxy) is 1. The minimum Gasteiger partial charge on any atom is -0.495 e. The molecule has 1 amide bonds. The van der Waals surface area contributed by atoms with Crippen LogP contribution in [0, 0.1) is 12.7 Å². The Hall–Kier alpha value is -2.20. The normalized spacial score (nSPS) is 15.1. The van der Waals surface area contributed by atoms with E-state index in [1.54, 1.807) is 13.0 Å². The number of alkyl halides is 3. The predicted octanol–water partition coefficient (Wildman–Crippen LogP) is 4.48. The Labute approximate surface area is 211 Å². The van der Waals surface area contributed by atoms with E-state index in [9.17, 15) is 17.6 Å². The van der Waals surface area contributed by atoms with Crippen molar-refractivity contribution in [2.75, 3.05) is 38.2 Å². The number of sulfone groups is 1. The average molecular weight is 549 g/mol. The van der Waals surface area contributed by atoms with Gasteiger partial charge in [0.25, 0.3) is 9.70 Å². The van der Waals surface area contributed by atoms with E-state index in [1.807, 2.05) is 4.90 Å². The van der Waals surface area contributed by atoms with Gasteiger partial charge in [-0.2, -0.15) is 0 Å². The van der Waals surface area contributed by atoms with Crippen LogP contribution in [0.5, 0.6) is 5.75 Å². The Balaban J connectivity index is 1.67. The number of benzene rings is 2. The molecule has 1 N–H and O–H groups in total. The van der Waals surface area contributed by atoms with Gasteiger partial charge in [-0.15, -0.1) is 0 Å². The molecule has 0 aliphatic carbocycles. The highest BCUT2D eigenvalue weighted by atomic mass is 35.6. The average Bonchev–Trinajstić information content (AvgIpc) is 3.14. The number of H-pyrrole nitrogens is 1. The number of carbonyl (C=O) groups is 1. The highest BCUT2D eigenvalue weighted by Crippen LogP contribution is 2.36. The van der Waals surface area contributed by atoms with Gasteiger partial charge in [-0.1, -0.05) is 34.8 Å². The van der Waals surface area contributed by atoms with Crippen molar-refractivity contribution >= 4 is 67.1 Å². The number of piperazine rings is 1. The van der Waals surface area contributed by atoms with Gasteiger partial charge in [0.05, 0.1) is 17.7 Å². The summed E-state index contributed by atoms with van der Waals surface area (Å²) in [5, 5.41) is 0.504. The van der Waals surface area contributed by atoms with Crippen molar-refractivity contribution in [3.8, 4) is 5.75 Å². The van der Waals surface area contributed by atoms with Crippen molar-refractivity contribution in [3.05, 3.63) is 47.8 Å². The number of carbonyl (C=O) groups excluding carboxylic acids is 1. The smallest absolute Gasteiger partial charge is 0.274 e. The zero-order valence-electron chi connectivity index (χ0n) is 18.2. The van der Waals surface area contributed by atoms with Crippen LogP contribution >= 0.6 is 34.8 Å². The number of halogens is 4. The molecule has 2 heterocycles. The fraction of sp³-hybridized carbons (Fsp3) is 0.318. The minimum absolute atomic E-state index is 0.00214. The summed E-state index contributed by atoms with van der Waals surface area (Å²) in [4.78, 5) is 18.6. The van der Waals surface area contributed by atoms with E-state index in [4.69, 9.17) is 39.5 Å². The number of nitrogens with one attached hydrogen (secondary N) is 1. The van der Waals surface area contributed by atoms with Crippen molar-refractivity contribution in [2.45, 2.75) is 20.6 Å². The van der Waals surface area contributed by atoms with Crippen molar-refractivity contribution < 1.29 is 22.3 Å². The zero-order valence-corrected chi connectivity index (χ0v) is 21.3. The number of aromatic amines is 1. The number of aryl methyl sites for hydroxylation is 1. The summed E-state index contributed by atoms with van der Waals surface area (Å²) in [5.74, 6) is -0.570. The summed E-state index contributed by atoms with van der Waals surface area (Å²) in [6.07, 6.45) is 0. The van der Waals surface area contributed by atoms with Gasteiger partial charge in [0.2, 0.25) is 9.84 Å². The molecule has 0 spiro atoms. The highest BCUT2D eigenvalue weighted by molar-refractivity contribution is 7.91. The standard InChI is InChI=1S/C22H21Cl3FN3O4S/c1-13-16-11-14(26)3-5-17(16)27-20(13)34(31,32)15-4-6-19(33-2)18(12-15)28-7-9-29(10-8-28)21(30)22(23,24)25/h3-6,11-12,27H,7-10H2,1-2H3. The predicted molar refractivity (Wildman–Crippen MR) is 131 cm³/mol. The van der Waals surface area contributed by atoms with Crippen molar-refractivity contribution in [1.82, 2.24) is 9.88 Å². The molecule has 2 aromatic carbocycles. The van der Waals surface area contributed by atoms with E-state index >= 15 is 0 Å². The molecule has 1 aliphatic heterocycles. The molecule has 12 heteroatoms. The van der Waals surface area contributed by atoms with Gasteiger partial charge in [-0.05, 0) is 48.9 Å². The van der Waals surface area contributed by atoms with Crippen LogP contribution < -0.4 is 9.64 Å². The Morgan fingerprint density at radius 1 is 1.09 bits per heavy atom. The number of nitrogens with zero attached hydrogens (tertiary/aromatic N) is 2. The first-order valence-electron chi connectivity index (χ1n) is 10.3. The van der Waals surface area contributed by atoms with Crippen molar-refractivity contribution in [3.63, 3.8) is 0 Å². The first-order valence-corrected chi connectivity index (χ1v) is 12.9. The number of methoxy groups -OCH3 is 1. The minimum atomic E-state index is -3.95. The first-order chi connectivity index (χ1) is 15.9. The van der Waals surface area contributed by atoms with Gasteiger partial charge >= 0.3 is 0 Å². The van der Waals surface area contributed by atoms with Crippen LogP contribution in [0.1, 0.15) is 5.56 Å². The maximum absolute atomic E-state index is 13.7. The summed E-state index contributed by atoms with van der Waals surface area (Å²) in [6, 6.07) is 8.66. The third kappa shape index (κ3) is 4.54. The second-order valence-electron chi connectivity index (χ2n) is 7.88. The number of hydrogen-bond acceptors (Lipinski definition) is 5. The molecule has 1 fully saturated rings. The Morgan fingerprint density at radius 3 is 2.38 bits per heavy atom. The molecule has 0 atom stereocenters. The van der Waals surface area contributed by atoms with Crippen LogP contribution in [0.4, 0.5) is 10.1 Å². The molecule has 1 aromatic heterocycles. The van der Waals surface area contributed by atoms with Gasteiger partial charge in [0.1, 0.15) is 16.6 Å². The number of aromatic nitrogens is 1. The molecule has 182 valence electrons. The maximum Gasteiger partial charge on any atom is 0.274 e. The third-order valence-electron chi connectivity index (χ3n) is 5.85. The summed E-state index contributed by atoms with van der Waals surface area (Å²) >= 11 is 17.1. The number of rotatable bonds is 4. The number of anilines is 1. The molecule has 0 unspecified atom stereocenters. The second-order valence-corrected chi connectivity index (χ2v) is 12.1. The largest absolute Gasteiger partial charge is 0.495 e. The van der Waals surface area contributed by atoms with Crippen molar-refractivity contribution in [2.24, 2.45) is 0 Å². The van der Waals surface area contributed by atoms with Crippen LogP contribution in [0.2, 0.25) is 0 Å². The van der Waals surface area contributed by atoms with Crippen LogP contribution in [0.15, 0.2) is 46.3 Å². The molecule has 7 nitrogen and oxygen atoms in total. The van der Waals surface area contributed by atoms with E-state index in [2.05, 4.69) is 4.98 Å². The Morgan fingerprint density at radius 2 is 1.76 bits per heavy atom. The molecule has 1 saturated heterocycles. The van der Waals surface area contributed by atoms with Gasteiger partial charge in [0.15, 0.2) is 0 Å². The lowest BCUT2D eigenvalue weighted by atomic mass is 10.2. The summed E-state index contributed by atoms with van der Waals surface area (Å²) in [7, 11) is -2.46. The van der Waals surface area contributed by atoms with E-state index in [-0.39, 0.29) is 9.92 Å². The molecule has 4 rings (SSSR count). The number of fused-ring (bicyclic) bond motifs is 1. The van der Waals surface area contributed by atoms with Gasteiger partial charge < -0.3 is 19.5 Å². The molecular formula is C22H21Cl3FN3O4S. The molecule has 0 radical (unpaired) electrons. The van der Waals surface area contributed by atoms with Gasteiger partial charge in [-0.25, -0.2) is 12.8 Å². The SMILES string of the molecule is COc1ccc(S(=O)(=O)c2[nH]c3ccc(F)cc3c2C)cc1N1CCN(C(=O)C(Cl)(Cl)Cl)CC1. The van der Waals surface area contributed by atoms with Crippen molar-refractivity contribution in [1.29, 1.82) is 0 Å². The highest BCUT2D eigenvalue weighted by Gasteiger charge is 2.37. The molecule has 34 heavy (non-hydrogen) atoms. The van der Waals surface area contributed by atoms with Crippen LogP contribution in [0.3, 0.4) is 0 Å². The number of amides is 1. The molecule has 0 saturated carbocycles. The third-order valence-corrected chi connectivity index (χ3v) is 8.16. The van der Waals surface area contributed by atoms with Crippen LogP contribution in [-0.2, 0) is 14.6 Å². The van der Waals surface area contributed by atoms with Crippen LogP contribution in [-0.4, -0.2) is 61.3 Å². The summed E-state index contributed by atoms with van der Waals surface area (Å²) in [5.41, 5.74) is 1.52. The fourth-order valence-corrected chi connectivity index (χ4v) is 5.94. The first kappa shape index (κ1) is 24.9. The lowest BCUT2D eigenvalue weighted by Crippen LogP contribution is -2.51. The maximum atomic E-state index is 13.7. The van der Waals surface area contributed by atoms with E-state index in [0.717, 1.165) is 0 Å². The van der Waals surface area contributed by atoms with Gasteiger partial charge in [-0.3, -0.25) is 4.79 Å². The van der Waals surface area contributed by atoms with Gasteiger partial charge in [0, 0.05) is 37.1 Å². The zero-order chi connectivity index (χ0) is 24.8. The molecule has 3 aromatic rings. The lowest BCUT2D eigenvalue weighted by Gasteiger charge is -2.37. The topological polar surface area (TPSA) is 82.7 Å². The van der Waals surface area contributed by atoms with E-state index in [0.29, 0.717) is 54.1 Å². The lowest BCUT2D eigenvalue weighted by molar-refractivity contribution is -0.130. The van der Waals surface area contributed by atoms with Crippen LogP contribution in [0.25, 0.3) is 10.9 Å². The Kier molecular flexibility index (Phi) is 6.67. The number of hydrogen-bond donors (Lipinski definition) is 1. The molecule has 0 bridgehead atoms. The molecule has 1 aliphatic rings. The Bertz CT molecular complexity index is 1360. The summed E-state index contributed by atoms with van der Waals surface area (Å²) < 4.78 is 44.2. The van der Waals surface area contributed by atoms with E-state index in [1.165, 1.54) is 42.3 Å². The quantitative estimate of drug-likeness (QED) is 0.486. The molecular weight excluding hydrogens is 528 g/mol. The second kappa shape index (κ2) is 9.11. The summed E-state index contributed by atoms with van der Waals surface area (Å²) in [6.45, 7) is 2.99. The monoisotopic (exact) mass is 547 g/mol. The fourth-order valence-electron chi connectivity index (χ4n) is 4.07. The van der Waals surface area contributed by atoms with E-state index < -0.39 is 25.4 Å².